The molecule has 0 fully saturated rings. The number of rotatable bonds is 6. The van der Waals surface area contributed by atoms with Gasteiger partial charge in [-0.15, -0.1) is 0 Å². The molecule has 2 rings (SSSR count). The Balaban J connectivity index is 1.94. The number of amides is 1. The number of ether oxygens (including phenoxy) is 2. The fourth-order valence-electron chi connectivity index (χ4n) is 2.23. The smallest absolute Gasteiger partial charge is 0.258 e. The molecule has 2 aromatic rings. The molecule has 1 atom stereocenters. The second-order valence-electron chi connectivity index (χ2n) is 5.28. The lowest BCUT2D eigenvalue weighted by atomic mass is 10.0. The molecular weight excluding hydrogens is 358 g/mol. The number of aryl methyl sites for hydroxylation is 1. The van der Waals surface area contributed by atoms with Gasteiger partial charge >= 0.3 is 0 Å². The summed E-state index contributed by atoms with van der Waals surface area (Å²) in [6.45, 7) is 3.91. The van der Waals surface area contributed by atoms with E-state index in [4.69, 9.17) is 9.47 Å². The van der Waals surface area contributed by atoms with Crippen LogP contribution in [0.1, 0.15) is 24.1 Å². The topological polar surface area (TPSA) is 47.6 Å². The van der Waals surface area contributed by atoms with E-state index in [-0.39, 0.29) is 18.6 Å². The number of hydrogen-bond donors (Lipinski definition) is 1. The summed E-state index contributed by atoms with van der Waals surface area (Å²) in [5, 5.41) is 2.93. The normalized spacial score (nSPS) is 11.7. The van der Waals surface area contributed by atoms with E-state index >= 15 is 0 Å². The molecule has 4 nitrogen and oxygen atoms in total. The van der Waals surface area contributed by atoms with Crippen LogP contribution in [0.2, 0.25) is 0 Å². The van der Waals surface area contributed by atoms with Gasteiger partial charge in [-0.2, -0.15) is 0 Å². The maximum Gasteiger partial charge on any atom is 0.258 e. The second kappa shape index (κ2) is 8.02. The Morgan fingerprint density at radius 2 is 1.91 bits per heavy atom. The van der Waals surface area contributed by atoms with Crippen LogP contribution in [0.4, 0.5) is 0 Å². The van der Waals surface area contributed by atoms with Gasteiger partial charge < -0.3 is 14.8 Å². The van der Waals surface area contributed by atoms with Gasteiger partial charge in [0, 0.05) is 10.0 Å². The van der Waals surface area contributed by atoms with Crippen molar-refractivity contribution in [1.82, 2.24) is 5.32 Å². The van der Waals surface area contributed by atoms with Crippen LogP contribution in [0.5, 0.6) is 11.5 Å². The zero-order valence-corrected chi connectivity index (χ0v) is 15.0. The van der Waals surface area contributed by atoms with Crippen LogP contribution in [-0.4, -0.2) is 19.6 Å². The molecule has 0 bridgehead atoms. The lowest BCUT2D eigenvalue weighted by Gasteiger charge is -2.18. The summed E-state index contributed by atoms with van der Waals surface area (Å²) in [7, 11) is 1.62. The number of halogens is 1. The van der Waals surface area contributed by atoms with Gasteiger partial charge in [0.1, 0.15) is 11.5 Å². The lowest BCUT2D eigenvalue weighted by molar-refractivity contribution is -0.123. The van der Waals surface area contributed by atoms with E-state index in [9.17, 15) is 4.79 Å². The molecule has 0 unspecified atom stereocenters. The molecule has 122 valence electrons. The van der Waals surface area contributed by atoms with Crippen molar-refractivity contribution in [1.29, 1.82) is 0 Å². The Kier molecular flexibility index (Phi) is 6.04. The Bertz CT molecular complexity index is 670. The molecule has 0 saturated heterocycles. The molecule has 0 radical (unpaired) electrons. The standard InChI is InChI=1S/C18H20BrNO3/c1-12-4-9-17(22-3)16(10-12)13(2)20-18(21)11-23-15-7-5-14(19)6-8-15/h4-10,13H,11H2,1-3H3,(H,20,21)/t13-/m1/s1. The van der Waals surface area contributed by atoms with Crippen LogP contribution in [0.3, 0.4) is 0 Å². The average molecular weight is 378 g/mol. The van der Waals surface area contributed by atoms with Crippen LogP contribution in [0.25, 0.3) is 0 Å². The van der Waals surface area contributed by atoms with Crippen molar-refractivity contribution in [3.63, 3.8) is 0 Å². The van der Waals surface area contributed by atoms with E-state index in [0.717, 1.165) is 21.3 Å². The van der Waals surface area contributed by atoms with Gasteiger partial charge in [-0.3, -0.25) is 4.79 Å². The predicted molar refractivity (Wildman–Crippen MR) is 93.9 cm³/mol. The molecule has 0 aromatic heterocycles. The summed E-state index contributed by atoms with van der Waals surface area (Å²) in [6.07, 6.45) is 0. The average Bonchev–Trinajstić information content (AvgIpc) is 2.54. The number of carbonyl (C=O) groups excluding carboxylic acids is 1. The van der Waals surface area contributed by atoms with E-state index in [1.165, 1.54) is 0 Å². The molecule has 0 heterocycles. The molecule has 5 heteroatoms. The summed E-state index contributed by atoms with van der Waals surface area (Å²) >= 11 is 3.36. The van der Waals surface area contributed by atoms with E-state index < -0.39 is 0 Å². The maximum absolute atomic E-state index is 12.1. The van der Waals surface area contributed by atoms with Crippen molar-refractivity contribution in [3.8, 4) is 11.5 Å². The minimum atomic E-state index is -0.177. The van der Waals surface area contributed by atoms with E-state index in [1.807, 2.05) is 56.3 Å². The molecule has 0 saturated carbocycles. The highest BCUT2D eigenvalue weighted by atomic mass is 79.9. The second-order valence-corrected chi connectivity index (χ2v) is 6.19. The van der Waals surface area contributed by atoms with E-state index in [1.54, 1.807) is 7.11 Å². The Hall–Kier alpha value is -2.01. The molecular formula is C18H20BrNO3. The van der Waals surface area contributed by atoms with Crippen molar-refractivity contribution in [2.24, 2.45) is 0 Å². The summed E-state index contributed by atoms with van der Waals surface area (Å²) in [5.41, 5.74) is 2.07. The van der Waals surface area contributed by atoms with Gasteiger partial charge in [-0.05, 0) is 44.2 Å². The van der Waals surface area contributed by atoms with Crippen LogP contribution in [0.15, 0.2) is 46.9 Å². The van der Waals surface area contributed by atoms with E-state index in [2.05, 4.69) is 21.2 Å². The van der Waals surface area contributed by atoms with Crippen molar-refractivity contribution >= 4 is 21.8 Å². The van der Waals surface area contributed by atoms with Gasteiger partial charge in [0.15, 0.2) is 6.61 Å². The molecule has 1 amide bonds. The van der Waals surface area contributed by atoms with Gasteiger partial charge in [0.2, 0.25) is 0 Å². The van der Waals surface area contributed by atoms with Crippen LogP contribution in [0, 0.1) is 6.92 Å². The van der Waals surface area contributed by atoms with Crippen LogP contribution >= 0.6 is 15.9 Å². The molecule has 0 spiro atoms. The Morgan fingerprint density at radius 3 is 2.57 bits per heavy atom. The zero-order valence-electron chi connectivity index (χ0n) is 13.4. The molecule has 0 aliphatic rings. The highest BCUT2D eigenvalue weighted by molar-refractivity contribution is 9.10. The first-order valence-electron chi connectivity index (χ1n) is 7.32. The SMILES string of the molecule is COc1ccc(C)cc1[C@@H](C)NC(=O)COc1ccc(Br)cc1. The quantitative estimate of drug-likeness (QED) is 0.826. The zero-order chi connectivity index (χ0) is 16.8. The summed E-state index contributed by atoms with van der Waals surface area (Å²) in [6, 6.07) is 13.1. The first-order chi connectivity index (χ1) is 11.0. The third kappa shape index (κ3) is 4.99. The van der Waals surface area contributed by atoms with Gasteiger partial charge in [-0.25, -0.2) is 0 Å². The molecule has 0 aliphatic carbocycles. The molecule has 2 aromatic carbocycles. The molecule has 0 aliphatic heterocycles. The molecule has 23 heavy (non-hydrogen) atoms. The van der Waals surface area contributed by atoms with Crippen LogP contribution < -0.4 is 14.8 Å². The largest absolute Gasteiger partial charge is 0.496 e. The minimum Gasteiger partial charge on any atom is -0.496 e. The Morgan fingerprint density at radius 1 is 1.22 bits per heavy atom. The monoisotopic (exact) mass is 377 g/mol. The fraction of sp³-hybridized carbons (Fsp3) is 0.278. The van der Waals surface area contributed by atoms with Crippen LogP contribution in [-0.2, 0) is 4.79 Å². The highest BCUT2D eigenvalue weighted by Gasteiger charge is 2.14. The van der Waals surface area contributed by atoms with Gasteiger partial charge in [-0.1, -0.05) is 33.6 Å². The van der Waals surface area contributed by atoms with Gasteiger partial charge in [0.25, 0.3) is 5.91 Å². The fourth-order valence-corrected chi connectivity index (χ4v) is 2.50. The number of nitrogens with one attached hydrogen (secondary N) is 1. The predicted octanol–water partition coefficient (Wildman–Crippen LogP) is 4.02. The summed E-state index contributed by atoms with van der Waals surface area (Å²) < 4.78 is 11.8. The van der Waals surface area contributed by atoms with Crippen molar-refractivity contribution in [3.05, 3.63) is 58.1 Å². The third-order valence-corrected chi connectivity index (χ3v) is 3.94. The maximum atomic E-state index is 12.1. The first-order valence-corrected chi connectivity index (χ1v) is 8.11. The Labute approximate surface area is 144 Å². The third-order valence-electron chi connectivity index (χ3n) is 3.41. The van der Waals surface area contributed by atoms with Gasteiger partial charge in [0.05, 0.1) is 13.2 Å². The van der Waals surface area contributed by atoms with Crippen molar-refractivity contribution in [2.75, 3.05) is 13.7 Å². The van der Waals surface area contributed by atoms with Crippen molar-refractivity contribution in [2.45, 2.75) is 19.9 Å². The summed E-state index contributed by atoms with van der Waals surface area (Å²) in [5.74, 6) is 1.24. The minimum absolute atomic E-state index is 0.0277. The van der Waals surface area contributed by atoms with Crippen molar-refractivity contribution < 1.29 is 14.3 Å². The first kappa shape index (κ1) is 17.3. The highest BCUT2D eigenvalue weighted by Crippen LogP contribution is 2.26. The molecule has 1 N–H and O–H groups in total. The number of methoxy groups -OCH3 is 1. The number of carbonyl (C=O) groups is 1. The number of benzene rings is 2. The number of hydrogen-bond acceptors (Lipinski definition) is 3. The van der Waals surface area contributed by atoms with E-state index in [0.29, 0.717) is 5.75 Å². The summed E-state index contributed by atoms with van der Waals surface area (Å²) in [4.78, 5) is 12.1. The lowest BCUT2D eigenvalue weighted by Crippen LogP contribution is -2.31.